The minimum absolute atomic E-state index is 0. The molecule has 4 aliphatic carbocycles. The van der Waals surface area contributed by atoms with Crippen molar-refractivity contribution in [3.63, 3.8) is 0 Å². The first-order chi connectivity index (χ1) is 24.9. The number of carbonyl (C=O) groups is 4. The van der Waals surface area contributed by atoms with Crippen LogP contribution in [0.4, 0.5) is 0 Å². The van der Waals surface area contributed by atoms with E-state index in [9.17, 15) is 19.2 Å². The summed E-state index contributed by atoms with van der Waals surface area (Å²) in [4.78, 5) is 46.8. The topological polar surface area (TPSA) is 142 Å². The number of esters is 4. The van der Waals surface area contributed by atoms with Gasteiger partial charge in [-0.15, -0.1) is 0 Å². The molecular weight excluding hydrogens is 825 g/mol. The Kier molecular flexibility index (Phi) is 29.9. The van der Waals surface area contributed by atoms with Crippen LogP contribution < -0.4 is 0 Å². The Labute approximate surface area is 368 Å². The third kappa shape index (κ3) is 18.7. The van der Waals surface area contributed by atoms with E-state index in [0.717, 1.165) is 25.7 Å². The predicted octanol–water partition coefficient (Wildman–Crippen LogP) is 6.08. The van der Waals surface area contributed by atoms with Gasteiger partial charge in [0.15, 0.2) is 0 Å². The molecule has 313 valence electrons. The van der Waals surface area contributed by atoms with E-state index in [4.69, 9.17) is 40.9 Å². The van der Waals surface area contributed by atoms with Gasteiger partial charge in [-0.2, -0.15) is 0 Å². The number of allylic oxidation sites excluding steroid dienone is 4. The van der Waals surface area contributed by atoms with Crippen LogP contribution in [0.2, 0.25) is 0 Å². The molecule has 0 N–H and O–H groups in total. The van der Waals surface area contributed by atoms with Crippen molar-refractivity contribution in [3.05, 3.63) is 48.6 Å². The molecule has 0 spiro atoms. The van der Waals surface area contributed by atoms with Gasteiger partial charge in [0.25, 0.3) is 0 Å². The van der Waals surface area contributed by atoms with E-state index >= 15 is 0 Å². The Morgan fingerprint density at radius 3 is 1.05 bits per heavy atom. The summed E-state index contributed by atoms with van der Waals surface area (Å²) in [7, 11) is 0. The standard InChI is InChI=1S/C24H34O6.C14H22O6.2CH4.3V.H2/c1-23(15-17-3-5-19(23)13-17)21(25)29-11-9-27-7-8-28-10-12-30-22(26)24(2)16-18-4-6-20(24)14-18;1-11(2)13(15)19-9-7-17-5-6-18-8-10-20-14(16)12(3)4;;;;;;/h3-6,17-20H,7-16H2,1-2H3;1,3,5-10H2,2,4H3;2*1H4;;;;1H/i;;;;;;;1+1D. The summed E-state index contributed by atoms with van der Waals surface area (Å²) in [5.74, 6) is 0.638. The molecule has 2 saturated carbocycles. The van der Waals surface area contributed by atoms with Crippen LogP contribution in [-0.2, 0) is 113 Å². The van der Waals surface area contributed by atoms with E-state index in [1.807, 2.05) is 13.8 Å². The molecule has 6 atom stereocenters. The van der Waals surface area contributed by atoms with Gasteiger partial charge in [0, 0.05) is 69.8 Å². The fraction of sp³-hybridized carbons (Fsp3) is 0.700. The van der Waals surface area contributed by atoms with Crippen molar-refractivity contribution in [2.24, 2.45) is 34.5 Å². The normalized spacial score (nSPS) is 24.4. The van der Waals surface area contributed by atoms with E-state index in [-0.39, 0.29) is 120 Å². The van der Waals surface area contributed by atoms with Gasteiger partial charge < -0.3 is 37.9 Å². The number of hydrogen-bond donors (Lipinski definition) is 0. The molecule has 0 aromatic rings. The van der Waals surface area contributed by atoms with Crippen LogP contribution in [0.1, 0.15) is 71.2 Å². The number of rotatable bonds is 22. The molecule has 4 aliphatic rings. The maximum absolute atomic E-state index is 12.4. The average molecular weight is 894 g/mol. The molecule has 0 aliphatic heterocycles. The van der Waals surface area contributed by atoms with Crippen molar-refractivity contribution in [2.45, 2.75) is 68.2 Å². The van der Waals surface area contributed by atoms with Gasteiger partial charge >= 0.3 is 23.9 Å². The Morgan fingerprint density at radius 1 is 0.545 bits per heavy atom. The largest absolute Gasteiger partial charge is 0.463 e. The zero-order valence-electron chi connectivity index (χ0n) is 33.6. The molecule has 4 bridgehead atoms. The molecule has 0 aromatic carbocycles. The predicted molar refractivity (Wildman–Crippen MR) is 199 cm³/mol. The molecule has 2 fully saturated rings. The number of carbonyl (C=O) groups excluding carboxylic acids is 4. The molecular formula is C40H66O12V3. The quantitative estimate of drug-likeness (QED) is 0.0409. The fourth-order valence-corrected chi connectivity index (χ4v) is 6.65. The van der Waals surface area contributed by atoms with Crippen molar-refractivity contribution in [3.8, 4) is 0 Å². The smallest absolute Gasteiger partial charge is 0.333 e. The summed E-state index contributed by atoms with van der Waals surface area (Å²) in [6.07, 6.45) is 12.7. The van der Waals surface area contributed by atoms with Gasteiger partial charge in [-0.3, -0.25) is 9.59 Å². The average Bonchev–Trinajstić information content (AvgIpc) is 3.93. The second-order valence-corrected chi connectivity index (χ2v) is 13.8. The van der Waals surface area contributed by atoms with Crippen molar-refractivity contribution in [1.82, 2.24) is 0 Å². The van der Waals surface area contributed by atoms with Crippen LogP contribution in [0.15, 0.2) is 48.6 Å². The van der Waals surface area contributed by atoms with Crippen molar-refractivity contribution in [1.29, 1.82) is 0 Å². The Bertz CT molecular complexity index is 1180. The fourth-order valence-electron chi connectivity index (χ4n) is 6.65. The van der Waals surface area contributed by atoms with Crippen LogP contribution in [0, 0.1) is 34.5 Å². The number of hydrogen-bond acceptors (Lipinski definition) is 12. The van der Waals surface area contributed by atoms with Crippen LogP contribution in [0.25, 0.3) is 0 Å². The van der Waals surface area contributed by atoms with Gasteiger partial charge in [0.2, 0.25) is 0 Å². The van der Waals surface area contributed by atoms with Crippen LogP contribution >= 0.6 is 0 Å². The van der Waals surface area contributed by atoms with Gasteiger partial charge in [0.05, 0.1) is 63.7 Å². The van der Waals surface area contributed by atoms with Crippen LogP contribution in [-0.4, -0.2) is 103 Å². The zero-order chi connectivity index (χ0) is 38.6. The third-order valence-corrected chi connectivity index (χ3v) is 9.57. The zero-order valence-corrected chi connectivity index (χ0v) is 35.8. The van der Waals surface area contributed by atoms with E-state index in [2.05, 4.69) is 37.5 Å². The van der Waals surface area contributed by atoms with Gasteiger partial charge in [-0.25, -0.2) is 9.59 Å². The maximum atomic E-state index is 12.4. The Morgan fingerprint density at radius 2 is 0.818 bits per heavy atom. The summed E-state index contributed by atoms with van der Waals surface area (Å²) in [5, 5.41) is 0. The van der Waals surface area contributed by atoms with E-state index < -0.39 is 11.9 Å². The second-order valence-electron chi connectivity index (χ2n) is 13.8. The molecule has 55 heavy (non-hydrogen) atoms. The third-order valence-electron chi connectivity index (χ3n) is 9.57. The summed E-state index contributed by atoms with van der Waals surface area (Å²) < 4.78 is 51.8. The van der Waals surface area contributed by atoms with Gasteiger partial charge in [-0.1, -0.05) is 52.3 Å². The van der Waals surface area contributed by atoms with Gasteiger partial charge in [0.1, 0.15) is 26.4 Å². The first kappa shape index (κ1) is 55.5. The molecule has 12 nitrogen and oxygen atoms in total. The summed E-state index contributed by atoms with van der Waals surface area (Å²) in [5.41, 5.74) is -0.0215. The molecule has 0 heterocycles. The van der Waals surface area contributed by atoms with E-state index in [0.29, 0.717) is 87.7 Å². The van der Waals surface area contributed by atoms with Crippen molar-refractivity contribution in [2.75, 3.05) is 79.3 Å². The Hall–Kier alpha value is -1.57. The summed E-state index contributed by atoms with van der Waals surface area (Å²) >= 11 is 0. The molecule has 0 saturated heterocycles. The molecule has 0 amide bonds. The van der Waals surface area contributed by atoms with E-state index in [1.165, 1.54) is 0 Å². The molecule has 4 rings (SSSR count). The first-order valence-electron chi connectivity index (χ1n) is 18.5. The molecule has 3 radical (unpaired) electrons. The minimum Gasteiger partial charge on any atom is -0.463 e. The van der Waals surface area contributed by atoms with Crippen LogP contribution in [0.3, 0.4) is 0 Å². The second kappa shape index (κ2) is 29.6. The van der Waals surface area contributed by atoms with E-state index in [1.54, 1.807) is 13.8 Å². The SMILES string of the molecule is C.C.C=C(C)C(=O)OCCOCCOCCOC(=O)C(=C)C.CC1(C(=O)OCCOCCOCCOC(=O)C2(C)CC3C=CC2C3)CC2C=CC1C2.[2H][2H].[V].[V].[V]. The minimum atomic E-state index is -0.427. The van der Waals surface area contributed by atoms with Crippen LogP contribution in [0.5, 0.6) is 0 Å². The Balaban J connectivity index is -0.000000465. The summed E-state index contributed by atoms with van der Waals surface area (Å²) in [6, 6.07) is 0. The van der Waals surface area contributed by atoms with Gasteiger partial charge in [-0.05, 0) is 77.0 Å². The van der Waals surface area contributed by atoms with Crippen molar-refractivity contribution < 1.29 is 116 Å². The molecule has 15 heteroatoms. The number of fused-ring (bicyclic) bond motifs is 4. The monoisotopic (exact) mass is 893 g/mol. The van der Waals surface area contributed by atoms with Crippen molar-refractivity contribution >= 4 is 23.9 Å². The first-order valence-corrected chi connectivity index (χ1v) is 17.5. The molecule has 6 unspecified atom stereocenters. The number of ether oxygens (including phenoxy) is 8. The molecule has 0 aromatic heterocycles. The maximum Gasteiger partial charge on any atom is 0.333 e. The summed E-state index contributed by atoms with van der Waals surface area (Å²) in [6.45, 7) is 17.9.